The van der Waals surface area contributed by atoms with Gasteiger partial charge in [-0.2, -0.15) is 0 Å². The summed E-state index contributed by atoms with van der Waals surface area (Å²) in [5, 5.41) is 6.65. The van der Waals surface area contributed by atoms with Gasteiger partial charge in [0.1, 0.15) is 0 Å². The highest BCUT2D eigenvalue weighted by molar-refractivity contribution is 6.14. The van der Waals surface area contributed by atoms with Crippen LogP contribution in [0.3, 0.4) is 0 Å². The van der Waals surface area contributed by atoms with E-state index in [0.29, 0.717) is 17.5 Å². The quantitative estimate of drug-likeness (QED) is 0.101. The van der Waals surface area contributed by atoms with E-state index in [1.165, 1.54) is 88.2 Å². The summed E-state index contributed by atoms with van der Waals surface area (Å²) in [7, 11) is 0. The summed E-state index contributed by atoms with van der Waals surface area (Å²) >= 11 is 0. The minimum Gasteiger partial charge on any atom is -0.312 e. The van der Waals surface area contributed by atoms with Gasteiger partial charge >= 0.3 is 0 Å². The largest absolute Gasteiger partial charge is 0.312 e. The first-order valence-corrected chi connectivity index (χ1v) is 25.8. The second-order valence-corrected chi connectivity index (χ2v) is 19.3. The molecule has 0 saturated heterocycles. The molecule has 0 radical (unpaired) electrons. The fourth-order valence-electron chi connectivity index (χ4n) is 11.3. The molecule has 0 N–H and O–H groups in total. The van der Waals surface area contributed by atoms with Gasteiger partial charge in [-0.15, -0.1) is 0 Å². The van der Waals surface area contributed by atoms with Crippen LogP contribution in [0.15, 0.2) is 231 Å². The second-order valence-electron chi connectivity index (χ2n) is 19.3. The Labute approximate surface area is 432 Å². The predicted octanol–water partition coefficient (Wildman–Crippen LogP) is 18.2. The van der Waals surface area contributed by atoms with E-state index in [1.54, 1.807) is 6.08 Å². The molecule has 4 nitrogen and oxygen atoms in total. The molecule has 0 atom stereocenters. The number of rotatable bonds is 10. The van der Waals surface area contributed by atoms with Crippen LogP contribution >= 0.6 is 0 Å². The summed E-state index contributed by atoms with van der Waals surface area (Å²) in [6.45, 7) is 5.84. The summed E-state index contributed by atoms with van der Waals surface area (Å²) in [5.41, 5.74) is 20.2. The van der Waals surface area contributed by atoms with Crippen molar-refractivity contribution in [2.45, 2.75) is 32.6 Å². The number of aryl methyl sites for hydroxylation is 1. The van der Waals surface area contributed by atoms with Crippen molar-refractivity contribution in [3.05, 3.63) is 259 Å². The monoisotopic (exact) mass is 948 g/mol. The number of nitrogens with zero attached hydrogens (tertiary/aromatic N) is 4. The normalized spacial score (nSPS) is 13.2. The Morgan fingerprint density at radius 3 is 1.76 bits per heavy atom. The van der Waals surface area contributed by atoms with E-state index in [9.17, 15) is 0 Å². The SMILES string of the molecule is C=C/C=C\C(=C/C)c1nc(-c2ccccc2)nc(-c2ccc(-c3ccc(-n4c5c(c6cccc(-c7cccc(-c8cccc(-c9ccc%10c(c9)c9c(c%11ccccc%11%10)CCC=C9)c8)c7)c64)C=CCC5)cc3)cc2)n1. The Balaban J connectivity index is 0.835. The molecule has 352 valence electrons. The lowest BCUT2D eigenvalue weighted by Crippen LogP contribution is -2.03. The maximum Gasteiger partial charge on any atom is 0.164 e. The van der Waals surface area contributed by atoms with Gasteiger partial charge in [0.2, 0.25) is 0 Å². The van der Waals surface area contributed by atoms with Crippen LogP contribution in [0, 0.1) is 0 Å². The fraction of sp³-hybridized carbons (Fsp3) is 0.0714. The second kappa shape index (κ2) is 19.1. The third kappa shape index (κ3) is 8.02. The molecule has 0 unspecified atom stereocenters. The average molecular weight is 949 g/mol. The standard InChI is InChI=1S/C70H52N4/c1-3-5-18-46(4-2)68-71-69(49-19-7-6-8-20-49)73-70(72-68)50-35-33-47(34-36-50)48-37-40-56(41-38-48)74-66-32-14-13-29-63(66)64-31-17-30-57(67(64)74)55-24-16-23-53(44-55)51-21-15-22-52(43-51)54-39-42-62-60-27-10-9-25-58(60)59-26-11-12-28-61(59)65(62)45-54/h3-10,12-13,15-25,27-31,33-45H,1,11,14,26,32H2,2H3/b18-5-,46-4+. The Bertz CT molecular complexity index is 4130. The van der Waals surface area contributed by atoms with E-state index < -0.39 is 0 Å². The molecule has 0 bridgehead atoms. The zero-order valence-corrected chi connectivity index (χ0v) is 41.3. The summed E-state index contributed by atoms with van der Waals surface area (Å²) in [5.74, 6) is 1.88. The number of hydrogen-bond donors (Lipinski definition) is 0. The van der Waals surface area contributed by atoms with Crippen molar-refractivity contribution in [1.82, 2.24) is 19.5 Å². The van der Waals surface area contributed by atoms with Crippen LogP contribution in [-0.2, 0) is 12.8 Å². The number of benzene rings is 9. The number of aromatic nitrogens is 4. The molecule has 0 aliphatic heterocycles. The summed E-state index contributed by atoms with van der Waals surface area (Å²) in [4.78, 5) is 14.8. The zero-order valence-electron chi connectivity index (χ0n) is 41.3. The third-order valence-corrected chi connectivity index (χ3v) is 14.9. The first-order valence-electron chi connectivity index (χ1n) is 25.8. The van der Waals surface area contributed by atoms with Crippen LogP contribution in [0.4, 0.5) is 0 Å². The Hall–Kier alpha value is -9.25. The van der Waals surface area contributed by atoms with E-state index in [0.717, 1.165) is 59.2 Å². The van der Waals surface area contributed by atoms with Crippen LogP contribution in [0.25, 0.3) is 123 Å². The topological polar surface area (TPSA) is 43.6 Å². The molecule has 4 heteroatoms. The minimum absolute atomic E-state index is 0.618. The van der Waals surface area contributed by atoms with Crippen molar-refractivity contribution in [1.29, 1.82) is 0 Å². The predicted molar refractivity (Wildman–Crippen MR) is 312 cm³/mol. The van der Waals surface area contributed by atoms with Crippen molar-refractivity contribution in [2.24, 2.45) is 0 Å². The first kappa shape index (κ1) is 44.7. The highest BCUT2D eigenvalue weighted by Crippen LogP contribution is 2.42. The van der Waals surface area contributed by atoms with Gasteiger partial charge in [0.05, 0.1) is 5.52 Å². The van der Waals surface area contributed by atoms with Gasteiger partial charge in [0.15, 0.2) is 17.5 Å². The van der Waals surface area contributed by atoms with Crippen LogP contribution in [0.2, 0.25) is 0 Å². The van der Waals surface area contributed by atoms with Crippen molar-refractivity contribution < 1.29 is 0 Å². The van der Waals surface area contributed by atoms with E-state index in [1.807, 2.05) is 55.5 Å². The van der Waals surface area contributed by atoms with Crippen molar-refractivity contribution in [2.75, 3.05) is 0 Å². The maximum absolute atomic E-state index is 4.96. The minimum atomic E-state index is 0.618. The molecule has 2 heterocycles. The highest BCUT2D eigenvalue weighted by atomic mass is 15.0. The Morgan fingerprint density at radius 1 is 0.473 bits per heavy atom. The molecule has 2 aromatic heterocycles. The van der Waals surface area contributed by atoms with Gasteiger partial charge in [-0.25, -0.2) is 15.0 Å². The molecule has 2 aliphatic rings. The van der Waals surface area contributed by atoms with Gasteiger partial charge in [-0.3, -0.25) is 0 Å². The van der Waals surface area contributed by atoms with E-state index >= 15 is 0 Å². The number of hydrogen-bond acceptors (Lipinski definition) is 3. The number of para-hydroxylation sites is 1. The summed E-state index contributed by atoms with van der Waals surface area (Å²) in [6, 6.07) is 68.6. The molecule has 0 saturated carbocycles. The van der Waals surface area contributed by atoms with Crippen LogP contribution in [-0.4, -0.2) is 19.5 Å². The molecular weight excluding hydrogens is 897 g/mol. The van der Waals surface area contributed by atoms with Gasteiger partial charge in [-0.05, 0) is 135 Å². The molecule has 9 aromatic carbocycles. The molecule has 74 heavy (non-hydrogen) atoms. The van der Waals surface area contributed by atoms with Gasteiger partial charge in [0, 0.05) is 44.6 Å². The van der Waals surface area contributed by atoms with E-state index in [-0.39, 0.29) is 0 Å². The zero-order chi connectivity index (χ0) is 49.5. The van der Waals surface area contributed by atoms with Crippen LogP contribution in [0.1, 0.15) is 48.0 Å². The Kier molecular flexibility index (Phi) is 11.5. The van der Waals surface area contributed by atoms with Crippen LogP contribution in [0.5, 0.6) is 0 Å². The average Bonchev–Trinajstić information content (AvgIpc) is 3.82. The summed E-state index contributed by atoms with van der Waals surface area (Å²) in [6.07, 6.45) is 21.1. The smallest absolute Gasteiger partial charge is 0.164 e. The maximum atomic E-state index is 4.96. The molecule has 13 rings (SSSR count). The lowest BCUT2D eigenvalue weighted by molar-refractivity contribution is 0.889. The van der Waals surface area contributed by atoms with E-state index in [2.05, 4.69) is 193 Å². The molecule has 0 spiro atoms. The van der Waals surface area contributed by atoms with Gasteiger partial charge in [-0.1, -0.05) is 213 Å². The third-order valence-electron chi connectivity index (χ3n) is 14.9. The lowest BCUT2D eigenvalue weighted by atomic mass is 9.85. The van der Waals surface area contributed by atoms with Crippen molar-refractivity contribution in [3.63, 3.8) is 0 Å². The number of fused-ring (bicyclic) bond motifs is 9. The van der Waals surface area contributed by atoms with Gasteiger partial charge < -0.3 is 4.57 Å². The van der Waals surface area contributed by atoms with E-state index in [4.69, 9.17) is 15.0 Å². The fourth-order valence-corrected chi connectivity index (χ4v) is 11.3. The number of allylic oxidation sites excluding steroid dienone is 7. The van der Waals surface area contributed by atoms with Crippen LogP contribution < -0.4 is 0 Å². The Morgan fingerprint density at radius 2 is 1.03 bits per heavy atom. The molecule has 11 aromatic rings. The molecule has 0 fully saturated rings. The lowest BCUT2D eigenvalue weighted by Gasteiger charge is -2.18. The van der Waals surface area contributed by atoms with Crippen molar-refractivity contribution in [3.8, 4) is 73.0 Å². The highest BCUT2D eigenvalue weighted by Gasteiger charge is 2.22. The molecule has 2 aliphatic carbocycles. The first-order chi connectivity index (χ1) is 36.6. The van der Waals surface area contributed by atoms with Crippen molar-refractivity contribution >= 4 is 50.2 Å². The molecular formula is C70H52N4. The summed E-state index contributed by atoms with van der Waals surface area (Å²) < 4.78 is 2.52. The van der Waals surface area contributed by atoms with Gasteiger partial charge in [0.25, 0.3) is 0 Å². The molecule has 0 amide bonds.